The second-order valence-electron chi connectivity index (χ2n) is 14.2. The molecule has 0 aromatic heterocycles. The molecule has 10 rings (SSSR count). The van der Waals surface area contributed by atoms with Crippen molar-refractivity contribution in [1.82, 2.24) is 0 Å². The number of hydrogen-bond donors (Lipinski definition) is 0. The van der Waals surface area contributed by atoms with Crippen molar-refractivity contribution >= 4 is 60.2 Å². The van der Waals surface area contributed by atoms with Crippen molar-refractivity contribution in [3.63, 3.8) is 0 Å². The van der Waals surface area contributed by atoms with Gasteiger partial charge in [-0.3, -0.25) is 0 Å². The van der Waals surface area contributed by atoms with E-state index in [0.717, 1.165) is 17.1 Å². The van der Waals surface area contributed by atoms with E-state index in [4.69, 9.17) is 0 Å². The fourth-order valence-corrected chi connectivity index (χ4v) is 8.44. The third-order valence-electron chi connectivity index (χ3n) is 11.0. The highest BCUT2D eigenvalue weighted by Crippen LogP contribution is 2.51. The summed E-state index contributed by atoms with van der Waals surface area (Å²) in [6, 6.07) is 65.1. The van der Waals surface area contributed by atoms with Crippen molar-refractivity contribution in [1.29, 1.82) is 0 Å². The SMILES string of the molecule is CC1(C)c2ccccc2-c2cc(N(c3cccc(-c4ccc5ccccc5c4)c3)c3ccc4c(ccc5c6ccccc6ccc45)c3)ccc21. The molecule has 1 aliphatic rings. The lowest BCUT2D eigenvalue weighted by Crippen LogP contribution is -2.15. The quantitative estimate of drug-likeness (QED) is 0.174. The van der Waals surface area contributed by atoms with Gasteiger partial charge in [0.25, 0.3) is 0 Å². The van der Waals surface area contributed by atoms with Crippen LogP contribution in [-0.2, 0) is 5.41 Å². The van der Waals surface area contributed by atoms with E-state index in [9.17, 15) is 0 Å². The topological polar surface area (TPSA) is 3.24 Å². The van der Waals surface area contributed by atoms with E-state index in [1.165, 1.54) is 76.5 Å². The monoisotopic (exact) mass is 637 g/mol. The first-order valence-electron chi connectivity index (χ1n) is 17.5. The molecule has 0 atom stereocenters. The van der Waals surface area contributed by atoms with Gasteiger partial charge in [-0.05, 0) is 119 Å². The van der Waals surface area contributed by atoms with Crippen molar-refractivity contribution in [2.75, 3.05) is 4.90 Å². The number of nitrogens with zero attached hydrogens (tertiary/aromatic N) is 1. The van der Waals surface area contributed by atoms with Gasteiger partial charge in [0, 0.05) is 22.5 Å². The minimum atomic E-state index is -0.0422. The predicted molar refractivity (Wildman–Crippen MR) is 214 cm³/mol. The van der Waals surface area contributed by atoms with Crippen LogP contribution in [0, 0.1) is 0 Å². The Labute approximate surface area is 292 Å². The van der Waals surface area contributed by atoms with Crippen molar-refractivity contribution in [2.45, 2.75) is 19.3 Å². The molecule has 0 heterocycles. The lowest BCUT2D eigenvalue weighted by Gasteiger charge is -2.28. The number of anilines is 3. The lowest BCUT2D eigenvalue weighted by atomic mass is 9.82. The van der Waals surface area contributed by atoms with Gasteiger partial charge in [0.05, 0.1) is 0 Å². The minimum Gasteiger partial charge on any atom is -0.310 e. The highest BCUT2D eigenvalue weighted by Gasteiger charge is 2.35. The molecule has 0 saturated heterocycles. The summed E-state index contributed by atoms with van der Waals surface area (Å²) >= 11 is 0. The first kappa shape index (κ1) is 28.8. The van der Waals surface area contributed by atoms with Gasteiger partial charge in [0.1, 0.15) is 0 Å². The number of benzene rings is 9. The Balaban J connectivity index is 1.17. The molecule has 0 aliphatic heterocycles. The van der Waals surface area contributed by atoms with Crippen LogP contribution < -0.4 is 4.90 Å². The van der Waals surface area contributed by atoms with E-state index < -0.39 is 0 Å². The van der Waals surface area contributed by atoms with Crippen LogP contribution in [0.15, 0.2) is 176 Å². The van der Waals surface area contributed by atoms with E-state index in [-0.39, 0.29) is 5.41 Å². The van der Waals surface area contributed by atoms with Gasteiger partial charge in [0.2, 0.25) is 0 Å². The maximum Gasteiger partial charge on any atom is 0.0468 e. The molecule has 50 heavy (non-hydrogen) atoms. The van der Waals surface area contributed by atoms with Crippen LogP contribution in [0.4, 0.5) is 17.1 Å². The minimum absolute atomic E-state index is 0.0422. The summed E-state index contributed by atoms with van der Waals surface area (Å²) in [4.78, 5) is 2.43. The Hall–Kier alpha value is -6.18. The summed E-state index contributed by atoms with van der Waals surface area (Å²) in [5.41, 5.74) is 11.2. The van der Waals surface area contributed by atoms with Crippen LogP contribution in [0.5, 0.6) is 0 Å². The maximum absolute atomic E-state index is 2.43. The second-order valence-corrected chi connectivity index (χ2v) is 14.2. The molecule has 0 radical (unpaired) electrons. The Morgan fingerprint density at radius 1 is 0.340 bits per heavy atom. The van der Waals surface area contributed by atoms with Crippen LogP contribution in [-0.4, -0.2) is 0 Å². The molecule has 1 aliphatic carbocycles. The third kappa shape index (κ3) is 4.40. The van der Waals surface area contributed by atoms with Gasteiger partial charge in [-0.15, -0.1) is 0 Å². The van der Waals surface area contributed by atoms with Crippen molar-refractivity contribution in [3.05, 3.63) is 187 Å². The van der Waals surface area contributed by atoms with E-state index in [2.05, 4.69) is 195 Å². The van der Waals surface area contributed by atoms with Crippen molar-refractivity contribution < 1.29 is 0 Å². The molecule has 1 nitrogen and oxygen atoms in total. The summed E-state index contributed by atoms with van der Waals surface area (Å²) in [6.45, 7) is 4.69. The Morgan fingerprint density at radius 2 is 0.940 bits per heavy atom. The smallest absolute Gasteiger partial charge is 0.0468 e. The van der Waals surface area contributed by atoms with Crippen LogP contribution in [0.1, 0.15) is 25.0 Å². The summed E-state index contributed by atoms with van der Waals surface area (Å²) in [6.07, 6.45) is 0. The van der Waals surface area contributed by atoms with E-state index in [1.54, 1.807) is 0 Å². The molecule has 0 bridgehead atoms. The summed E-state index contributed by atoms with van der Waals surface area (Å²) in [7, 11) is 0. The highest BCUT2D eigenvalue weighted by molar-refractivity contribution is 6.17. The van der Waals surface area contributed by atoms with Gasteiger partial charge < -0.3 is 4.90 Å². The van der Waals surface area contributed by atoms with E-state index in [1.807, 2.05) is 0 Å². The molecule has 0 fully saturated rings. The van der Waals surface area contributed by atoms with Gasteiger partial charge in [-0.1, -0.05) is 147 Å². The molecule has 0 unspecified atom stereocenters. The zero-order chi connectivity index (χ0) is 33.4. The summed E-state index contributed by atoms with van der Waals surface area (Å²) in [5, 5.41) is 10.2. The molecule has 1 heteroatoms. The molecule has 0 N–H and O–H groups in total. The molecule has 9 aromatic rings. The Kier molecular flexibility index (Phi) is 6.29. The van der Waals surface area contributed by atoms with Crippen molar-refractivity contribution in [3.8, 4) is 22.3 Å². The molecular formula is C49H35N. The summed E-state index contributed by atoms with van der Waals surface area (Å²) in [5.74, 6) is 0. The van der Waals surface area contributed by atoms with Gasteiger partial charge in [-0.2, -0.15) is 0 Å². The average molecular weight is 638 g/mol. The van der Waals surface area contributed by atoms with Gasteiger partial charge in [-0.25, -0.2) is 0 Å². The first-order chi connectivity index (χ1) is 24.5. The number of rotatable bonds is 4. The molecule has 236 valence electrons. The van der Waals surface area contributed by atoms with Gasteiger partial charge in [0.15, 0.2) is 0 Å². The van der Waals surface area contributed by atoms with Crippen molar-refractivity contribution in [2.24, 2.45) is 0 Å². The van der Waals surface area contributed by atoms with Crippen LogP contribution >= 0.6 is 0 Å². The fourth-order valence-electron chi connectivity index (χ4n) is 8.44. The summed E-state index contributed by atoms with van der Waals surface area (Å²) < 4.78 is 0. The normalized spacial score (nSPS) is 13.2. The Morgan fingerprint density at radius 3 is 1.82 bits per heavy atom. The standard InChI is InChI=1S/C49H35N/c1-49(2)47-17-8-7-16-45(47)46-31-40(23-27-48(46)49)50(38-14-9-13-35(29-38)36-19-18-32-10-3-4-12-34(32)28-36)39-22-26-42-37(30-39)21-25-43-41-15-6-5-11-33(41)20-24-44(42)43/h3-31H,1-2H3. The Bertz CT molecular complexity index is 2800. The zero-order valence-corrected chi connectivity index (χ0v) is 28.2. The predicted octanol–water partition coefficient (Wildman–Crippen LogP) is 13.7. The third-order valence-corrected chi connectivity index (χ3v) is 11.0. The highest BCUT2D eigenvalue weighted by atomic mass is 15.1. The average Bonchev–Trinajstić information content (AvgIpc) is 3.40. The van der Waals surface area contributed by atoms with Crippen LogP contribution in [0.3, 0.4) is 0 Å². The fraction of sp³-hybridized carbons (Fsp3) is 0.0612. The first-order valence-corrected chi connectivity index (χ1v) is 17.5. The maximum atomic E-state index is 2.43. The van der Waals surface area contributed by atoms with E-state index in [0.29, 0.717) is 0 Å². The van der Waals surface area contributed by atoms with E-state index >= 15 is 0 Å². The molecule has 0 amide bonds. The molecular weight excluding hydrogens is 603 g/mol. The lowest BCUT2D eigenvalue weighted by molar-refractivity contribution is 0.660. The molecule has 0 saturated carbocycles. The van der Waals surface area contributed by atoms with Crippen LogP contribution in [0.25, 0.3) is 65.3 Å². The van der Waals surface area contributed by atoms with Gasteiger partial charge >= 0.3 is 0 Å². The molecule has 9 aromatic carbocycles. The zero-order valence-electron chi connectivity index (χ0n) is 28.2. The second kappa shape index (κ2) is 10.9. The van der Waals surface area contributed by atoms with Crippen LogP contribution in [0.2, 0.25) is 0 Å². The largest absolute Gasteiger partial charge is 0.310 e. The number of fused-ring (bicyclic) bond motifs is 9. The molecule has 0 spiro atoms. The number of hydrogen-bond acceptors (Lipinski definition) is 1.